The van der Waals surface area contributed by atoms with Crippen LogP contribution in [-0.4, -0.2) is 8.80 Å². The summed E-state index contributed by atoms with van der Waals surface area (Å²) in [5, 5.41) is 8.99. The zero-order valence-corrected chi connectivity index (χ0v) is 24.8. The number of hydrogen-bond donors (Lipinski definition) is 0. The van der Waals surface area contributed by atoms with Crippen molar-refractivity contribution in [2.75, 3.05) is 0 Å². The molecule has 0 unspecified atom stereocenters. The Labute approximate surface area is 235 Å². The zero-order valence-electron chi connectivity index (χ0n) is 18.9. The molecule has 0 N–H and O–H groups in total. The second-order valence-corrected chi connectivity index (χ2v) is 9.20. The van der Waals surface area contributed by atoms with Crippen molar-refractivity contribution < 1.29 is 42.1 Å². The van der Waals surface area contributed by atoms with E-state index >= 15 is 0 Å². The third-order valence-electron chi connectivity index (χ3n) is 7.58. The zero-order chi connectivity index (χ0) is 22.0. The van der Waals surface area contributed by atoms with E-state index in [0.29, 0.717) is 0 Å². The molecule has 5 aromatic carbocycles. The molecule has 0 aliphatic heterocycles. The van der Waals surface area contributed by atoms with Crippen LogP contribution in [0.2, 0.25) is 0 Å². The summed E-state index contributed by atoms with van der Waals surface area (Å²) in [5.74, 6) is 0. The van der Waals surface area contributed by atoms with Crippen molar-refractivity contribution in [2.24, 2.45) is 0 Å². The van der Waals surface area contributed by atoms with Crippen LogP contribution in [0, 0.1) is 12.1 Å². The number of hydrogen-bond acceptors (Lipinski definition) is 0. The van der Waals surface area contributed by atoms with E-state index in [1.165, 1.54) is 59.9 Å². The molecule has 0 aliphatic carbocycles. The predicted molar refractivity (Wildman–Crippen MR) is 141 cm³/mol. The SMILES string of the molecule is [W+2].[W].[c-]1ccccc1-c1[c-]c2cccc3c4c(ccc5c6cccc7c8ccccc8n(c76)c54)n1c23. The maximum absolute atomic E-state index is 3.67. The van der Waals surface area contributed by atoms with E-state index in [0.717, 1.165) is 16.6 Å². The Bertz CT molecular complexity index is 2220. The molecule has 9 rings (SSSR count). The van der Waals surface area contributed by atoms with Gasteiger partial charge < -0.3 is 8.80 Å². The molecule has 0 amide bonds. The standard InChI is InChI=1S/C32H16N2.2W/c1-2-8-19(9-3-1)28-18-20-10-6-14-25-29-27(33(28)30(20)25)17-16-24-23-13-7-12-22-21-11-4-5-15-26(21)34(31(22)23)32(24)29;;/h1-8,10-17H;;/q-2;;+2. The Morgan fingerprint density at radius 2 is 1.25 bits per heavy atom. The van der Waals surface area contributed by atoms with Gasteiger partial charge in [-0.25, -0.2) is 5.56 Å². The smallest absolute Gasteiger partial charge is 0.408 e. The third kappa shape index (κ3) is 2.49. The fourth-order valence-corrected chi connectivity index (χ4v) is 6.30. The Morgan fingerprint density at radius 1 is 0.528 bits per heavy atom. The summed E-state index contributed by atoms with van der Waals surface area (Å²) in [7, 11) is 0. The van der Waals surface area contributed by atoms with Crippen LogP contribution in [0.5, 0.6) is 0 Å². The van der Waals surface area contributed by atoms with Crippen molar-refractivity contribution in [3.05, 3.63) is 109 Å². The minimum atomic E-state index is 0. The van der Waals surface area contributed by atoms with Crippen LogP contribution in [0.1, 0.15) is 0 Å². The molecule has 4 heterocycles. The van der Waals surface area contributed by atoms with Gasteiger partial charge in [-0.15, -0.1) is 29.3 Å². The quantitative estimate of drug-likeness (QED) is 0.149. The van der Waals surface area contributed by atoms with Crippen LogP contribution >= 0.6 is 0 Å². The minimum absolute atomic E-state index is 0. The summed E-state index contributed by atoms with van der Waals surface area (Å²) in [6.45, 7) is 0. The number of nitrogens with zero attached hydrogens (tertiary/aromatic N) is 2. The summed E-state index contributed by atoms with van der Waals surface area (Å²) < 4.78 is 4.88. The van der Waals surface area contributed by atoms with Gasteiger partial charge in [0.1, 0.15) is 0 Å². The second-order valence-electron chi connectivity index (χ2n) is 9.20. The van der Waals surface area contributed by atoms with Gasteiger partial charge in [-0.2, -0.15) is 30.3 Å². The van der Waals surface area contributed by atoms with E-state index in [1.54, 1.807) is 0 Å². The second kappa shape index (κ2) is 7.66. The number of rotatable bonds is 1. The first-order valence-corrected chi connectivity index (χ1v) is 11.6. The van der Waals surface area contributed by atoms with Crippen molar-refractivity contribution in [2.45, 2.75) is 0 Å². The van der Waals surface area contributed by atoms with Gasteiger partial charge in [-0.3, -0.25) is 0 Å². The van der Waals surface area contributed by atoms with E-state index < -0.39 is 0 Å². The van der Waals surface area contributed by atoms with Gasteiger partial charge >= 0.3 is 21.1 Å². The van der Waals surface area contributed by atoms with Gasteiger partial charge in [-0.1, -0.05) is 48.5 Å². The number of para-hydroxylation sites is 3. The molecule has 2 nitrogen and oxygen atoms in total. The van der Waals surface area contributed by atoms with Crippen LogP contribution in [-0.2, 0) is 42.1 Å². The fraction of sp³-hybridized carbons (Fsp3) is 0. The molecule has 9 aromatic rings. The summed E-state index contributed by atoms with van der Waals surface area (Å²) >= 11 is 0. The maximum atomic E-state index is 3.67. The van der Waals surface area contributed by atoms with E-state index in [2.05, 4.69) is 106 Å². The van der Waals surface area contributed by atoms with Crippen LogP contribution in [0.4, 0.5) is 0 Å². The number of aromatic nitrogens is 2. The van der Waals surface area contributed by atoms with Gasteiger partial charge in [0.05, 0.1) is 16.6 Å². The Balaban J connectivity index is 0.00000110. The van der Waals surface area contributed by atoms with Crippen molar-refractivity contribution in [3.63, 3.8) is 0 Å². The number of fused-ring (bicyclic) bond motifs is 10. The fourth-order valence-electron chi connectivity index (χ4n) is 6.30. The first-order chi connectivity index (χ1) is 16.9. The molecule has 0 aliphatic rings. The predicted octanol–water partition coefficient (Wildman–Crippen LogP) is 8.10. The largest absolute Gasteiger partial charge is 2.00 e. The average Bonchev–Trinajstić information content (AvgIpc) is 3.63. The molecule has 0 radical (unpaired) electrons. The molecule has 0 saturated heterocycles. The Hall–Kier alpha value is -3.18. The molecular formula is C32H16N2W2. The van der Waals surface area contributed by atoms with E-state index in [9.17, 15) is 0 Å². The minimum Gasteiger partial charge on any atom is -0.408 e. The van der Waals surface area contributed by atoms with Crippen LogP contribution in [0.15, 0.2) is 97.1 Å². The third-order valence-corrected chi connectivity index (χ3v) is 7.58. The van der Waals surface area contributed by atoms with E-state index in [4.69, 9.17) is 0 Å². The van der Waals surface area contributed by atoms with Gasteiger partial charge in [0.25, 0.3) is 0 Å². The summed E-state index contributed by atoms with van der Waals surface area (Å²) in [6, 6.07) is 42.0. The maximum Gasteiger partial charge on any atom is 2.00 e. The molecule has 0 fully saturated rings. The average molecular weight is 796 g/mol. The molecule has 0 spiro atoms. The summed E-state index contributed by atoms with van der Waals surface area (Å²) in [4.78, 5) is 0. The molecule has 36 heavy (non-hydrogen) atoms. The van der Waals surface area contributed by atoms with Crippen LogP contribution in [0.3, 0.4) is 0 Å². The molecule has 0 saturated carbocycles. The molecule has 4 aromatic heterocycles. The van der Waals surface area contributed by atoms with E-state index in [1.807, 2.05) is 12.1 Å². The number of benzene rings is 5. The molecule has 0 bridgehead atoms. The first-order valence-electron chi connectivity index (χ1n) is 11.6. The normalized spacial score (nSPS) is 12.0. The van der Waals surface area contributed by atoms with Crippen molar-refractivity contribution in [3.8, 4) is 11.3 Å². The Morgan fingerprint density at radius 3 is 2.11 bits per heavy atom. The first kappa shape index (κ1) is 22.0. The summed E-state index contributed by atoms with van der Waals surface area (Å²) in [5.41, 5.74) is 8.47. The summed E-state index contributed by atoms with van der Waals surface area (Å²) in [6.07, 6.45) is 0. The molecule has 166 valence electrons. The molecule has 0 atom stereocenters. The van der Waals surface area contributed by atoms with Crippen LogP contribution in [0.25, 0.3) is 76.5 Å². The monoisotopic (exact) mass is 796 g/mol. The van der Waals surface area contributed by atoms with Gasteiger partial charge in [-0.05, 0) is 23.0 Å². The van der Waals surface area contributed by atoms with Gasteiger partial charge in [0, 0.05) is 53.5 Å². The van der Waals surface area contributed by atoms with Crippen molar-refractivity contribution in [1.82, 2.24) is 8.80 Å². The Kier molecular flexibility index (Phi) is 4.69. The van der Waals surface area contributed by atoms with Crippen LogP contribution < -0.4 is 0 Å². The van der Waals surface area contributed by atoms with Crippen molar-refractivity contribution >= 4 is 65.3 Å². The van der Waals surface area contributed by atoms with Crippen molar-refractivity contribution in [1.29, 1.82) is 0 Å². The van der Waals surface area contributed by atoms with E-state index in [-0.39, 0.29) is 42.1 Å². The molecule has 4 heteroatoms. The van der Waals surface area contributed by atoms with Gasteiger partial charge in [0.15, 0.2) is 0 Å². The topological polar surface area (TPSA) is 8.82 Å². The molecular weight excluding hydrogens is 780 g/mol. The van der Waals surface area contributed by atoms with Gasteiger partial charge in [0.2, 0.25) is 0 Å².